The Bertz CT molecular complexity index is 520. The Balaban J connectivity index is 1.82. The molecule has 0 fully saturated rings. The summed E-state index contributed by atoms with van der Waals surface area (Å²) in [4.78, 5) is 25.0. The summed E-state index contributed by atoms with van der Waals surface area (Å²) in [5.41, 5.74) is 2.81. The molecule has 0 radical (unpaired) electrons. The number of nitrogens with one attached hydrogen (secondary N) is 1. The molecule has 19 heavy (non-hydrogen) atoms. The molecule has 100 valence electrons. The number of hydrogen-bond donors (Lipinski definition) is 1. The molecule has 3 amide bonds. The number of carbonyl (C=O) groups excluding carboxylic acids is 2. The van der Waals surface area contributed by atoms with Gasteiger partial charge in [0.25, 0.3) is 5.91 Å². The fourth-order valence-electron chi connectivity index (χ4n) is 2.03. The van der Waals surface area contributed by atoms with E-state index in [4.69, 9.17) is 0 Å². The molecule has 0 saturated heterocycles. The first-order valence-corrected chi connectivity index (χ1v) is 6.39. The maximum atomic E-state index is 11.9. The molecule has 4 nitrogen and oxygen atoms in total. The highest BCUT2D eigenvalue weighted by atomic mass is 16.2. The average Bonchev–Trinajstić information content (AvgIpc) is 2.68. The maximum Gasteiger partial charge on any atom is 0.324 e. The number of carbonyl (C=O) groups is 2. The van der Waals surface area contributed by atoms with Gasteiger partial charge in [-0.3, -0.25) is 9.69 Å². The highest BCUT2D eigenvalue weighted by Gasteiger charge is 2.29. The normalized spacial score (nSPS) is 15.1. The van der Waals surface area contributed by atoms with E-state index < -0.39 is 0 Å². The molecular weight excluding hydrogens is 240 g/mol. The summed E-state index contributed by atoms with van der Waals surface area (Å²) in [6, 6.07) is 9.63. The van der Waals surface area contributed by atoms with E-state index in [1.165, 1.54) is 10.5 Å². The molecule has 1 aliphatic heterocycles. The molecule has 1 aromatic carbocycles. The van der Waals surface area contributed by atoms with Crippen molar-refractivity contribution >= 4 is 11.9 Å². The van der Waals surface area contributed by atoms with Gasteiger partial charge >= 0.3 is 6.03 Å². The molecule has 1 heterocycles. The van der Waals surface area contributed by atoms with Crippen LogP contribution in [0.2, 0.25) is 0 Å². The van der Waals surface area contributed by atoms with E-state index in [0.717, 1.165) is 12.0 Å². The minimum Gasteiger partial charge on any atom is -0.337 e. The van der Waals surface area contributed by atoms with E-state index in [-0.39, 0.29) is 11.9 Å². The van der Waals surface area contributed by atoms with Crippen LogP contribution >= 0.6 is 0 Å². The van der Waals surface area contributed by atoms with E-state index in [9.17, 15) is 9.59 Å². The highest BCUT2D eigenvalue weighted by molar-refractivity contribution is 6.06. The largest absolute Gasteiger partial charge is 0.337 e. The van der Waals surface area contributed by atoms with E-state index in [2.05, 4.69) is 5.32 Å². The van der Waals surface area contributed by atoms with Gasteiger partial charge in [0.1, 0.15) is 0 Å². The van der Waals surface area contributed by atoms with E-state index >= 15 is 0 Å². The van der Waals surface area contributed by atoms with Gasteiger partial charge in [-0.1, -0.05) is 30.3 Å². The van der Waals surface area contributed by atoms with Crippen LogP contribution in [0.15, 0.2) is 41.5 Å². The third-order valence-corrected chi connectivity index (χ3v) is 3.38. The molecule has 4 heteroatoms. The lowest BCUT2D eigenvalue weighted by Crippen LogP contribution is -2.42. The average molecular weight is 258 g/mol. The number of imide groups is 1. The van der Waals surface area contributed by atoms with Crippen molar-refractivity contribution in [1.82, 2.24) is 10.2 Å². The Hall–Kier alpha value is -2.10. The van der Waals surface area contributed by atoms with Crippen LogP contribution in [0.25, 0.3) is 0 Å². The number of amides is 3. The van der Waals surface area contributed by atoms with Crippen LogP contribution in [0.3, 0.4) is 0 Å². The van der Waals surface area contributed by atoms with Crippen LogP contribution in [-0.4, -0.2) is 29.9 Å². The summed E-state index contributed by atoms with van der Waals surface area (Å²) < 4.78 is 0. The van der Waals surface area contributed by atoms with Crippen LogP contribution in [0, 0.1) is 0 Å². The highest BCUT2D eigenvalue weighted by Crippen LogP contribution is 2.17. The predicted octanol–water partition coefficient (Wildman–Crippen LogP) is 2.12. The minimum atomic E-state index is -0.308. The molecule has 1 N–H and O–H groups in total. The Labute approximate surface area is 113 Å². The number of benzene rings is 1. The van der Waals surface area contributed by atoms with Gasteiger partial charge in [-0.05, 0) is 31.4 Å². The quantitative estimate of drug-likeness (QED) is 0.902. The first-order valence-electron chi connectivity index (χ1n) is 6.39. The molecule has 1 aromatic rings. The summed E-state index contributed by atoms with van der Waals surface area (Å²) in [5, 5.41) is 2.78. The van der Waals surface area contributed by atoms with Gasteiger partial charge in [0.05, 0.1) is 6.54 Å². The summed E-state index contributed by atoms with van der Waals surface area (Å²) in [5.74, 6) is -0.185. The van der Waals surface area contributed by atoms with Crippen LogP contribution < -0.4 is 5.32 Å². The lowest BCUT2D eigenvalue weighted by atomic mass is 10.1. The molecule has 2 rings (SSSR count). The summed E-state index contributed by atoms with van der Waals surface area (Å²) in [7, 11) is 0. The summed E-state index contributed by atoms with van der Waals surface area (Å²) >= 11 is 0. The number of urea groups is 1. The predicted molar refractivity (Wildman–Crippen MR) is 73.6 cm³/mol. The number of rotatable bonds is 3. The molecule has 0 atom stereocenters. The third-order valence-electron chi connectivity index (χ3n) is 3.38. The monoisotopic (exact) mass is 258 g/mol. The first-order chi connectivity index (χ1) is 9.09. The second-order valence-electron chi connectivity index (χ2n) is 4.76. The van der Waals surface area contributed by atoms with Crippen molar-refractivity contribution < 1.29 is 9.59 Å². The Morgan fingerprint density at radius 3 is 2.53 bits per heavy atom. The molecule has 0 saturated carbocycles. The lowest BCUT2D eigenvalue weighted by Gasteiger charge is -2.15. The van der Waals surface area contributed by atoms with E-state index in [1.54, 1.807) is 6.92 Å². The second kappa shape index (κ2) is 5.69. The van der Waals surface area contributed by atoms with Crippen LogP contribution in [0.5, 0.6) is 0 Å². The van der Waals surface area contributed by atoms with E-state index in [1.807, 2.05) is 37.3 Å². The van der Waals surface area contributed by atoms with Gasteiger partial charge in [-0.15, -0.1) is 0 Å². The molecule has 0 aliphatic carbocycles. The first kappa shape index (κ1) is 13.3. The zero-order valence-electron chi connectivity index (χ0n) is 11.3. The van der Waals surface area contributed by atoms with Crippen molar-refractivity contribution in [1.29, 1.82) is 0 Å². The van der Waals surface area contributed by atoms with Crippen molar-refractivity contribution in [3.63, 3.8) is 0 Å². The minimum absolute atomic E-state index is 0.185. The van der Waals surface area contributed by atoms with Gasteiger partial charge in [0, 0.05) is 12.1 Å². The van der Waals surface area contributed by atoms with Crippen molar-refractivity contribution in [2.75, 3.05) is 13.1 Å². The zero-order chi connectivity index (χ0) is 13.8. The van der Waals surface area contributed by atoms with Crippen LogP contribution in [0.4, 0.5) is 4.79 Å². The molecular formula is C15H18N2O2. The molecule has 1 aliphatic rings. The lowest BCUT2D eigenvalue weighted by molar-refractivity contribution is -0.122. The topological polar surface area (TPSA) is 49.4 Å². The Morgan fingerprint density at radius 1 is 1.26 bits per heavy atom. The van der Waals surface area contributed by atoms with Crippen molar-refractivity contribution in [2.45, 2.75) is 20.3 Å². The fourth-order valence-corrected chi connectivity index (χ4v) is 2.03. The van der Waals surface area contributed by atoms with Crippen molar-refractivity contribution in [3.05, 3.63) is 47.0 Å². The zero-order valence-corrected chi connectivity index (χ0v) is 11.3. The van der Waals surface area contributed by atoms with Gasteiger partial charge in [0.15, 0.2) is 0 Å². The van der Waals surface area contributed by atoms with Gasteiger partial charge < -0.3 is 5.32 Å². The third kappa shape index (κ3) is 3.02. The van der Waals surface area contributed by atoms with Crippen LogP contribution in [0.1, 0.15) is 19.4 Å². The molecule has 0 unspecified atom stereocenters. The standard InChI is InChI=1S/C15H18N2O2/c1-11-10-17(14(18)12(11)2)15(19)16-9-8-13-6-4-3-5-7-13/h3-7H,8-10H2,1-2H3,(H,16,19). The van der Waals surface area contributed by atoms with Crippen molar-refractivity contribution in [3.8, 4) is 0 Å². The number of hydrogen-bond acceptors (Lipinski definition) is 2. The molecule has 0 aromatic heterocycles. The second-order valence-corrected chi connectivity index (χ2v) is 4.76. The maximum absolute atomic E-state index is 11.9. The summed E-state index contributed by atoms with van der Waals surface area (Å²) in [6.45, 7) is 4.58. The van der Waals surface area contributed by atoms with Gasteiger partial charge in [0.2, 0.25) is 0 Å². The Morgan fingerprint density at radius 2 is 1.95 bits per heavy atom. The van der Waals surface area contributed by atoms with Gasteiger partial charge in [-0.25, -0.2) is 4.79 Å². The van der Waals surface area contributed by atoms with E-state index in [0.29, 0.717) is 18.7 Å². The van der Waals surface area contributed by atoms with Crippen molar-refractivity contribution in [2.24, 2.45) is 0 Å². The smallest absolute Gasteiger partial charge is 0.324 e. The fraction of sp³-hybridized carbons (Fsp3) is 0.333. The van der Waals surface area contributed by atoms with Crippen LogP contribution in [-0.2, 0) is 11.2 Å². The SMILES string of the molecule is CC1=C(C)C(=O)N(C(=O)NCCc2ccccc2)C1. The molecule has 0 spiro atoms. The molecule has 0 bridgehead atoms. The Kier molecular flexibility index (Phi) is 4.00. The van der Waals surface area contributed by atoms with Gasteiger partial charge in [-0.2, -0.15) is 0 Å². The summed E-state index contributed by atoms with van der Waals surface area (Å²) in [6.07, 6.45) is 0.764. The number of nitrogens with zero attached hydrogens (tertiary/aromatic N) is 1.